The van der Waals surface area contributed by atoms with Crippen LogP contribution in [0.3, 0.4) is 0 Å². The number of hydrogen-bond acceptors (Lipinski definition) is 5. The molecule has 0 aliphatic carbocycles. The van der Waals surface area contributed by atoms with Crippen LogP contribution in [0.25, 0.3) is 0 Å². The van der Waals surface area contributed by atoms with Gasteiger partial charge in [-0.25, -0.2) is 9.78 Å². The van der Waals surface area contributed by atoms with E-state index in [4.69, 9.17) is 5.11 Å². The Kier molecular flexibility index (Phi) is 4.39. The standard InChI is InChI=1S/C13H19N3O3S/c1-8(2)13(3-4-14-7-13)12(19)15-5-10-16-9(6-20-10)11(17)18/h6,8,14H,3-5,7H2,1-2H3,(H,15,19)(H,17,18). The van der Waals surface area contributed by atoms with Gasteiger partial charge in [-0.05, 0) is 18.9 Å². The number of hydrogen-bond donors (Lipinski definition) is 3. The average Bonchev–Trinajstić information content (AvgIpc) is 3.05. The van der Waals surface area contributed by atoms with E-state index in [9.17, 15) is 9.59 Å². The topological polar surface area (TPSA) is 91.3 Å². The van der Waals surface area contributed by atoms with Crippen LogP contribution in [0.1, 0.15) is 35.8 Å². The molecular weight excluding hydrogens is 278 g/mol. The molecule has 1 amide bonds. The predicted molar refractivity (Wildman–Crippen MR) is 75.7 cm³/mol. The first kappa shape index (κ1) is 14.9. The van der Waals surface area contributed by atoms with Crippen molar-refractivity contribution in [3.8, 4) is 0 Å². The van der Waals surface area contributed by atoms with Gasteiger partial charge in [0.2, 0.25) is 5.91 Å². The molecule has 1 aromatic rings. The van der Waals surface area contributed by atoms with E-state index in [1.807, 2.05) is 0 Å². The van der Waals surface area contributed by atoms with Crippen molar-refractivity contribution < 1.29 is 14.7 Å². The van der Waals surface area contributed by atoms with Gasteiger partial charge in [-0.1, -0.05) is 13.8 Å². The number of carboxylic acid groups (broad SMARTS) is 1. The Morgan fingerprint density at radius 3 is 2.85 bits per heavy atom. The monoisotopic (exact) mass is 297 g/mol. The highest BCUT2D eigenvalue weighted by Gasteiger charge is 2.43. The largest absolute Gasteiger partial charge is 0.476 e. The molecule has 1 atom stereocenters. The van der Waals surface area contributed by atoms with E-state index in [0.29, 0.717) is 11.6 Å². The highest BCUT2D eigenvalue weighted by atomic mass is 32.1. The molecule has 1 aliphatic heterocycles. The molecule has 20 heavy (non-hydrogen) atoms. The van der Waals surface area contributed by atoms with Gasteiger partial charge in [0.1, 0.15) is 5.01 Å². The van der Waals surface area contributed by atoms with Crippen LogP contribution in [0, 0.1) is 11.3 Å². The summed E-state index contributed by atoms with van der Waals surface area (Å²) < 4.78 is 0. The Hall–Kier alpha value is -1.47. The summed E-state index contributed by atoms with van der Waals surface area (Å²) in [7, 11) is 0. The molecule has 6 nitrogen and oxygen atoms in total. The predicted octanol–water partition coefficient (Wildman–Crippen LogP) is 1.09. The minimum atomic E-state index is -1.04. The van der Waals surface area contributed by atoms with E-state index in [-0.39, 0.29) is 29.5 Å². The summed E-state index contributed by atoms with van der Waals surface area (Å²) in [4.78, 5) is 27.1. The van der Waals surface area contributed by atoms with Crippen molar-refractivity contribution >= 4 is 23.2 Å². The fourth-order valence-electron chi connectivity index (χ4n) is 2.48. The highest BCUT2D eigenvalue weighted by molar-refractivity contribution is 7.09. The molecule has 3 N–H and O–H groups in total. The van der Waals surface area contributed by atoms with Crippen molar-refractivity contribution in [2.45, 2.75) is 26.8 Å². The minimum Gasteiger partial charge on any atom is -0.476 e. The third-order valence-corrected chi connectivity index (χ3v) is 4.77. The van der Waals surface area contributed by atoms with E-state index >= 15 is 0 Å². The van der Waals surface area contributed by atoms with Crippen molar-refractivity contribution in [1.82, 2.24) is 15.6 Å². The molecule has 0 bridgehead atoms. The maximum atomic E-state index is 12.4. The zero-order valence-corrected chi connectivity index (χ0v) is 12.4. The molecule has 0 radical (unpaired) electrons. The van der Waals surface area contributed by atoms with Crippen molar-refractivity contribution in [3.63, 3.8) is 0 Å². The zero-order valence-electron chi connectivity index (χ0n) is 11.6. The van der Waals surface area contributed by atoms with Crippen LogP contribution in [0.2, 0.25) is 0 Å². The van der Waals surface area contributed by atoms with Gasteiger partial charge in [0, 0.05) is 11.9 Å². The molecule has 1 aliphatic rings. The number of aromatic nitrogens is 1. The SMILES string of the molecule is CC(C)C1(C(=O)NCc2nc(C(=O)O)cs2)CCNC1. The van der Waals surface area contributed by atoms with E-state index in [0.717, 1.165) is 13.0 Å². The number of carbonyl (C=O) groups excluding carboxylic acids is 1. The Morgan fingerprint density at radius 1 is 1.60 bits per heavy atom. The molecule has 7 heteroatoms. The van der Waals surface area contributed by atoms with Gasteiger partial charge in [-0.3, -0.25) is 4.79 Å². The molecule has 2 rings (SSSR count). The second kappa shape index (κ2) is 5.88. The number of carbonyl (C=O) groups is 2. The zero-order chi connectivity index (χ0) is 14.8. The summed E-state index contributed by atoms with van der Waals surface area (Å²) in [6.45, 7) is 5.93. The third kappa shape index (κ3) is 2.83. The van der Waals surface area contributed by atoms with Gasteiger partial charge >= 0.3 is 5.97 Å². The first-order valence-corrected chi connectivity index (χ1v) is 7.50. The quantitative estimate of drug-likeness (QED) is 0.757. The normalized spacial score (nSPS) is 22.1. The van der Waals surface area contributed by atoms with Crippen LogP contribution in [-0.4, -0.2) is 35.1 Å². The van der Waals surface area contributed by atoms with Gasteiger partial charge in [0.25, 0.3) is 0 Å². The summed E-state index contributed by atoms with van der Waals surface area (Å²) in [5.41, 5.74) is -0.340. The Morgan fingerprint density at radius 2 is 2.35 bits per heavy atom. The Bertz CT molecular complexity index is 507. The van der Waals surface area contributed by atoms with E-state index in [2.05, 4.69) is 29.5 Å². The van der Waals surface area contributed by atoms with Crippen LogP contribution in [-0.2, 0) is 11.3 Å². The van der Waals surface area contributed by atoms with Gasteiger partial charge in [0.05, 0.1) is 12.0 Å². The average molecular weight is 297 g/mol. The lowest BCUT2D eigenvalue weighted by Gasteiger charge is -2.30. The molecule has 0 saturated carbocycles. The molecule has 0 spiro atoms. The van der Waals surface area contributed by atoms with Gasteiger partial charge in [-0.15, -0.1) is 11.3 Å². The maximum absolute atomic E-state index is 12.4. The van der Waals surface area contributed by atoms with Gasteiger partial charge in [0.15, 0.2) is 5.69 Å². The molecule has 1 aromatic heterocycles. The molecule has 0 aromatic carbocycles. The van der Waals surface area contributed by atoms with Crippen LogP contribution in [0.5, 0.6) is 0 Å². The van der Waals surface area contributed by atoms with E-state index in [1.54, 1.807) is 0 Å². The minimum absolute atomic E-state index is 0.0181. The van der Waals surface area contributed by atoms with Crippen LogP contribution in [0.4, 0.5) is 0 Å². The molecule has 1 saturated heterocycles. The number of amides is 1. The second-order valence-corrected chi connectivity index (χ2v) is 6.29. The van der Waals surface area contributed by atoms with Crippen LogP contribution in [0.15, 0.2) is 5.38 Å². The number of rotatable bonds is 5. The number of aromatic carboxylic acids is 1. The van der Waals surface area contributed by atoms with Crippen molar-refractivity contribution in [2.24, 2.45) is 11.3 Å². The van der Waals surface area contributed by atoms with Crippen molar-refractivity contribution in [2.75, 3.05) is 13.1 Å². The number of carboxylic acids is 1. The summed E-state index contributed by atoms with van der Waals surface area (Å²) in [6.07, 6.45) is 0.828. The van der Waals surface area contributed by atoms with Crippen molar-refractivity contribution in [1.29, 1.82) is 0 Å². The lowest BCUT2D eigenvalue weighted by atomic mass is 9.75. The smallest absolute Gasteiger partial charge is 0.355 e. The fraction of sp³-hybridized carbons (Fsp3) is 0.615. The third-order valence-electron chi connectivity index (χ3n) is 3.92. The molecule has 1 fully saturated rings. The molecule has 110 valence electrons. The van der Waals surface area contributed by atoms with Crippen molar-refractivity contribution in [3.05, 3.63) is 16.1 Å². The first-order chi connectivity index (χ1) is 9.45. The fourth-order valence-corrected chi connectivity index (χ4v) is 3.19. The Balaban J connectivity index is 1.98. The first-order valence-electron chi connectivity index (χ1n) is 6.62. The summed E-state index contributed by atoms with van der Waals surface area (Å²) in [5.74, 6) is -0.773. The summed E-state index contributed by atoms with van der Waals surface area (Å²) >= 11 is 1.25. The summed E-state index contributed by atoms with van der Waals surface area (Å²) in [5, 5.41) is 17.0. The van der Waals surface area contributed by atoms with Gasteiger partial charge in [-0.2, -0.15) is 0 Å². The highest BCUT2D eigenvalue weighted by Crippen LogP contribution is 2.34. The van der Waals surface area contributed by atoms with E-state index in [1.165, 1.54) is 16.7 Å². The molecule has 2 heterocycles. The molecule has 1 unspecified atom stereocenters. The van der Waals surface area contributed by atoms with E-state index < -0.39 is 5.97 Å². The lowest BCUT2D eigenvalue weighted by Crippen LogP contribution is -2.45. The number of nitrogens with one attached hydrogen (secondary N) is 2. The maximum Gasteiger partial charge on any atom is 0.355 e. The van der Waals surface area contributed by atoms with Gasteiger partial charge < -0.3 is 15.7 Å². The summed E-state index contributed by atoms with van der Waals surface area (Å²) in [6, 6.07) is 0. The van der Waals surface area contributed by atoms with Crippen LogP contribution < -0.4 is 10.6 Å². The Labute approximate surface area is 121 Å². The lowest BCUT2D eigenvalue weighted by molar-refractivity contribution is -0.132. The molecular formula is C13H19N3O3S. The number of nitrogens with zero attached hydrogens (tertiary/aromatic N) is 1. The van der Waals surface area contributed by atoms with Crippen LogP contribution >= 0.6 is 11.3 Å². The number of thiazole rings is 1. The second-order valence-electron chi connectivity index (χ2n) is 5.35.